The first-order chi connectivity index (χ1) is 14.8. The molecule has 1 aromatic heterocycles. The molecule has 0 aliphatic heterocycles. The summed E-state index contributed by atoms with van der Waals surface area (Å²) in [5, 5.41) is 25.1. The average Bonchev–Trinajstić information content (AvgIpc) is 2.80. The number of nitriles is 2. The number of para-hydroxylation sites is 2. The van der Waals surface area contributed by atoms with Crippen molar-refractivity contribution in [3.05, 3.63) is 96.1 Å². The molecule has 0 radical (unpaired) electrons. The summed E-state index contributed by atoms with van der Waals surface area (Å²) in [6.07, 6.45) is 0. The molecule has 3 aromatic carbocycles. The van der Waals surface area contributed by atoms with Crippen molar-refractivity contribution >= 4 is 23.1 Å². The second-order valence-corrected chi connectivity index (χ2v) is 6.39. The van der Waals surface area contributed by atoms with E-state index < -0.39 is 0 Å². The van der Waals surface area contributed by atoms with Gasteiger partial charge in [0.15, 0.2) is 0 Å². The van der Waals surface area contributed by atoms with Crippen LogP contribution in [-0.4, -0.2) is 9.97 Å². The van der Waals surface area contributed by atoms with Crippen LogP contribution < -0.4 is 10.6 Å². The Hall–Kier alpha value is -4.68. The molecule has 0 saturated heterocycles. The highest BCUT2D eigenvalue weighted by Crippen LogP contribution is 2.26. The van der Waals surface area contributed by atoms with Gasteiger partial charge in [0.05, 0.1) is 28.2 Å². The molecule has 1 heterocycles. The summed E-state index contributed by atoms with van der Waals surface area (Å²) < 4.78 is 0. The third-order valence-corrected chi connectivity index (χ3v) is 4.40. The van der Waals surface area contributed by atoms with Gasteiger partial charge in [0.25, 0.3) is 0 Å². The molecule has 4 rings (SSSR count). The molecule has 6 heteroatoms. The fourth-order valence-corrected chi connectivity index (χ4v) is 2.96. The highest BCUT2D eigenvalue weighted by Gasteiger charge is 2.10. The van der Waals surface area contributed by atoms with Crippen molar-refractivity contribution < 1.29 is 0 Å². The van der Waals surface area contributed by atoms with E-state index in [1.807, 2.05) is 60.7 Å². The number of aromatic nitrogens is 2. The molecular formula is C24H16N6. The second-order valence-electron chi connectivity index (χ2n) is 6.39. The van der Waals surface area contributed by atoms with E-state index in [2.05, 4.69) is 32.7 Å². The van der Waals surface area contributed by atoms with E-state index in [1.165, 1.54) is 0 Å². The number of hydrogen-bond donors (Lipinski definition) is 2. The summed E-state index contributed by atoms with van der Waals surface area (Å²) in [6.45, 7) is 0. The third kappa shape index (κ3) is 4.09. The Morgan fingerprint density at radius 3 is 1.83 bits per heavy atom. The molecule has 0 atom stereocenters. The molecule has 0 saturated carbocycles. The van der Waals surface area contributed by atoms with Crippen LogP contribution in [0.4, 0.5) is 23.1 Å². The highest BCUT2D eigenvalue weighted by atomic mass is 15.1. The molecule has 0 amide bonds. The van der Waals surface area contributed by atoms with Gasteiger partial charge >= 0.3 is 0 Å². The Morgan fingerprint density at radius 2 is 1.20 bits per heavy atom. The van der Waals surface area contributed by atoms with E-state index in [0.717, 1.165) is 5.56 Å². The normalized spacial score (nSPS) is 9.93. The SMILES string of the molecule is N#Cc1ccccc1Nc1cc(-c2ccccc2)nc(Nc2ccccc2C#N)n1. The van der Waals surface area contributed by atoms with Crippen LogP contribution in [0.5, 0.6) is 0 Å². The zero-order chi connectivity index (χ0) is 20.8. The first-order valence-corrected chi connectivity index (χ1v) is 9.23. The van der Waals surface area contributed by atoms with Crippen LogP contribution in [0.1, 0.15) is 11.1 Å². The Kier molecular flexibility index (Phi) is 5.32. The van der Waals surface area contributed by atoms with E-state index >= 15 is 0 Å². The van der Waals surface area contributed by atoms with Gasteiger partial charge in [-0.2, -0.15) is 15.5 Å². The van der Waals surface area contributed by atoms with Gasteiger partial charge in [-0.25, -0.2) is 4.98 Å². The van der Waals surface area contributed by atoms with Gasteiger partial charge < -0.3 is 10.6 Å². The second kappa shape index (κ2) is 8.55. The lowest BCUT2D eigenvalue weighted by Crippen LogP contribution is -2.04. The summed E-state index contributed by atoms with van der Waals surface area (Å²) in [5.74, 6) is 0.875. The van der Waals surface area contributed by atoms with E-state index in [9.17, 15) is 10.5 Å². The van der Waals surface area contributed by atoms with E-state index in [1.54, 1.807) is 24.3 Å². The molecule has 2 N–H and O–H groups in total. The number of hydrogen-bond acceptors (Lipinski definition) is 6. The number of anilines is 4. The molecule has 0 bridgehead atoms. The van der Waals surface area contributed by atoms with Gasteiger partial charge in [0.2, 0.25) is 5.95 Å². The summed E-state index contributed by atoms with van der Waals surface area (Å²) >= 11 is 0. The topological polar surface area (TPSA) is 97.4 Å². The van der Waals surface area contributed by atoms with Crippen molar-refractivity contribution in [3.8, 4) is 23.4 Å². The molecule has 0 aliphatic rings. The Labute approximate surface area is 174 Å². The van der Waals surface area contributed by atoms with Crippen LogP contribution in [-0.2, 0) is 0 Å². The Bertz CT molecular complexity index is 1190. The van der Waals surface area contributed by atoms with Crippen molar-refractivity contribution in [1.82, 2.24) is 9.97 Å². The molecule has 0 aliphatic carbocycles. The minimum absolute atomic E-state index is 0.344. The first kappa shape index (κ1) is 18.7. The summed E-state index contributed by atoms with van der Waals surface area (Å²) in [4.78, 5) is 9.17. The van der Waals surface area contributed by atoms with E-state index in [0.29, 0.717) is 40.0 Å². The van der Waals surface area contributed by atoms with Gasteiger partial charge in [-0.05, 0) is 24.3 Å². The summed E-state index contributed by atoms with van der Waals surface area (Å²) in [5.41, 5.74) is 3.92. The van der Waals surface area contributed by atoms with Crippen LogP contribution in [0.15, 0.2) is 84.9 Å². The summed E-state index contributed by atoms with van der Waals surface area (Å²) in [7, 11) is 0. The van der Waals surface area contributed by atoms with E-state index in [4.69, 9.17) is 0 Å². The Morgan fingerprint density at radius 1 is 0.633 bits per heavy atom. The minimum Gasteiger partial charge on any atom is -0.339 e. The van der Waals surface area contributed by atoms with Crippen molar-refractivity contribution in [1.29, 1.82) is 10.5 Å². The largest absolute Gasteiger partial charge is 0.339 e. The maximum atomic E-state index is 9.37. The molecule has 4 aromatic rings. The van der Waals surface area contributed by atoms with Crippen molar-refractivity contribution in [2.24, 2.45) is 0 Å². The number of nitrogens with zero attached hydrogens (tertiary/aromatic N) is 4. The molecule has 30 heavy (non-hydrogen) atoms. The number of benzene rings is 3. The zero-order valence-corrected chi connectivity index (χ0v) is 15.9. The Balaban J connectivity index is 1.77. The van der Waals surface area contributed by atoms with Gasteiger partial charge in [-0.3, -0.25) is 0 Å². The molecule has 0 spiro atoms. The fourth-order valence-electron chi connectivity index (χ4n) is 2.96. The van der Waals surface area contributed by atoms with Crippen LogP contribution in [0.25, 0.3) is 11.3 Å². The maximum Gasteiger partial charge on any atom is 0.229 e. The van der Waals surface area contributed by atoms with Crippen molar-refractivity contribution in [3.63, 3.8) is 0 Å². The lowest BCUT2D eigenvalue weighted by Gasteiger charge is -2.13. The smallest absolute Gasteiger partial charge is 0.229 e. The van der Waals surface area contributed by atoms with Crippen molar-refractivity contribution in [2.75, 3.05) is 10.6 Å². The average molecular weight is 388 g/mol. The van der Waals surface area contributed by atoms with Crippen LogP contribution >= 0.6 is 0 Å². The monoisotopic (exact) mass is 388 g/mol. The van der Waals surface area contributed by atoms with E-state index in [-0.39, 0.29) is 0 Å². The molecule has 6 nitrogen and oxygen atoms in total. The van der Waals surface area contributed by atoms with Crippen LogP contribution in [0.2, 0.25) is 0 Å². The lowest BCUT2D eigenvalue weighted by molar-refractivity contribution is 1.17. The standard InChI is InChI=1S/C24H16N6/c25-15-18-10-4-6-12-20(18)27-23-14-22(17-8-2-1-3-9-17)29-24(30-23)28-21-13-7-5-11-19(21)16-26/h1-14H,(H2,27,28,29,30). The van der Waals surface area contributed by atoms with Crippen LogP contribution in [0, 0.1) is 22.7 Å². The molecule has 142 valence electrons. The fraction of sp³-hybridized carbons (Fsp3) is 0. The van der Waals surface area contributed by atoms with Crippen LogP contribution in [0.3, 0.4) is 0 Å². The lowest BCUT2D eigenvalue weighted by atomic mass is 10.1. The minimum atomic E-state index is 0.344. The van der Waals surface area contributed by atoms with Gasteiger partial charge in [0, 0.05) is 11.6 Å². The maximum absolute atomic E-state index is 9.37. The predicted octanol–water partition coefficient (Wildman–Crippen LogP) is 5.37. The quantitative estimate of drug-likeness (QED) is 0.477. The van der Waals surface area contributed by atoms with Gasteiger partial charge in [0.1, 0.15) is 18.0 Å². The first-order valence-electron chi connectivity index (χ1n) is 9.23. The highest BCUT2D eigenvalue weighted by molar-refractivity contribution is 5.71. The van der Waals surface area contributed by atoms with Gasteiger partial charge in [-0.1, -0.05) is 54.6 Å². The summed E-state index contributed by atoms with van der Waals surface area (Å²) in [6, 6.07) is 30.3. The number of rotatable bonds is 5. The zero-order valence-electron chi connectivity index (χ0n) is 15.9. The predicted molar refractivity (Wildman–Crippen MR) is 116 cm³/mol. The van der Waals surface area contributed by atoms with Gasteiger partial charge in [-0.15, -0.1) is 0 Å². The number of nitrogens with one attached hydrogen (secondary N) is 2. The molecule has 0 fully saturated rings. The molecular weight excluding hydrogens is 372 g/mol. The molecule has 0 unspecified atom stereocenters. The third-order valence-electron chi connectivity index (χ3n) is 4.40. The van der Waals surface area contributed by atoms with Crippen molar-refractivity contribution in [2.45, 2.75) is 0 Å².